The Hall–Kier alpha value is -1.61. The fourth-order valence-corrected chi connectivity index (χ4v) is 4.44. The molecule has 0 spiro atoms. The molecule has 2 N–H and O–H groups in total. The molecule has 0 unspecified atom stereocenters. The van der Waals surface area contributed by atoms with E-state index in [-0.39, 0.29) is 12.0 Å². The van der Waals surface area contributed by atoms with E-state index in [4.69, 9.17) is 4.74 Å². The topological polar surface area (TPSA) is 101 Å². The number of thiazole rings is 1. The maximum Gasteiger partial charge on any atom is 0.408 e. The number of aromatic nitrogens is 1. The highest BCUT2D eigenvalue weighted by molar-refractivity contribution is 8.14. The fraction of sp³-hybridized carbons (Fsp3) is 0.647. The lowest BCUT2D eigenvalue weighted by molar-refractivity contribution is -0.141. The van der Waals surface area contributed by atoms with Crippen LogP contribution in [0.25, 0.3) is 0 Å². The molecular weight excluding hydrogens is 374 g/mol. The van der Waals surface area contributed by atoms with Crippen molar-refractivity contribution >= 4 is 40.2 Å². The number of aliphatic imine (C=N–C) groups is 1. The van der Waals surface area contributed by atoms with Crippen LogP contribution in [0.3, 0.4) is 0 Å². The molecule has 0 bridgehead atoms. The van der Waals surface area contributed by atoms with Crippen molar-refractivity contribution in [3.8, 4) is 0 Å². The first kappa shape index (κ1) is 20.7. The average molecular weight is 400 g/mol. The van der Waals surface area contributed by atoms with E-state index in [1.807, 2.05) is 40.0 Å². The molecule has 1 aliphatic rings. The molecule has 0 aromatic carbocycles. The Morgan fingerprint density at radius 1 is 1.38 bits per heavy atom. The van der Waals surface area contributed by atoms with E-state index < -0.39 is 23.2 Å². The third-order valence-corrected chi connectivity index (χ3v) is 5.85. The van der Waals surface area contributed by atoms with Crippen molar-refractivity contribution in [2.75, 3.05) is 5.75 Å². The van der Waals surface area contributed by atoms with E-state index in [0.717, 1.165) is 5.01 Å². The summed E-state index contributed by atoms with van der Waals surface area (Å²) in [7, 11) is 0. The number of carbonyl (C=O) groups excluding carboxylic acids is 1. The number of hydrogen-bond acceptors (Lipinski definition) is 7. The molecular formula is C17H25N3O4S2. The molecule has 0 saturated carbocycles. The van der Waals surface area contributed by atoms with Crippen molar-refractivity contribution in [2.45, 2.75) is 58.7 Å². The minimum Gasteiger partial charge on any atom is -0.479 e. The van der Waals surface area contributed by atoms with Gasteiger partial charge in [0.1, 0.15) is 21.3 Å². The molecule has 0 aliphatic carbocycles. The van der Waals surface area contributed by atoms with Crippen LogP contribution in [0.5, 0.6) is 0 Å². The zero-order valence-corrected chi connectivity index (χ0v) is 17.5. The quantitative estimate of drug-likeness (QED) is 0.783. The van der Waals surface area contributed by atoms with Gasteiger partial charge in [0.15, 0.2) is 5.54 Å². The summed E-state index contributed by atoms with van der Waals surface area (Å²) in [6.07, 6.45) is -0.487. The fourth-order valence-electron chi connectivity index (χ4n) is 2.22. The standard InChI is InChI=1S/C17H25N3O4S2/c1-9(2)11(19-15(23)24-16(3,4)5)13-18-10(7-25-13)12-20-17(6,8-26-12)14(21)22/h7,9,11H,8H2,1-6H3,(H,19,23)(H,21,22)/t11-,17-/m0/s1. The Morgan fingerprint density at radius 3 is 2.54 bits per heavy atom. The van der Waals surface area contributed by atoms with Crippen LogP contribution in [0.15, 0.2) is 10.4 Å². The Bertz CT molecular complexity index is 724. The molecule has 1 aromatic rings. The van der Waals surface area contributed by atoms with Gasteiger partial charge in [-0.1, -0.05) is 13.8 Å². The number of carboxylic acids is 1. The summed E-state index contributed by atoms with van der Waals surface area (Å²) in [4.78, 5) is 32.4. The summed E-state index contributed by atoms with van der Waals surface area (Å²) >= 11 is 2.81. The van der Waals surface area contributed by atoms with Crippen LogP contribution in [-0.2, 0) is 9.53 Å². The smallest absolute Gasteiger partial charge is 0.408 e. The van der Waals surface area contributed by atoms with Crippen LogP contribution in [0.2, 0.25) is 0 Å². The second-order valence-electron chi connectivity index (χ2n) is 7.72. The SMILES string of the molecule is CC(C)[C@H](NC(=O)OC(C)(C)C)c1nc(C2=N[C@](C)(C(=O)O)CS2)cs1. The number of amides is 1. The van der Waals surface area contributed by atoms with E-state index >= 15 is 0 Å². The van der Waals surface area contributed by atoms with E-state index in [2.05, 4.69) is 15.3 Å². The van der Waals surface area contributed by atoms with Crippen molar-refractivity contribution in [1.29, 1.82) is 0 Å². The molecule has 1 amide bonds. The van der Waals surface area contributed by atoms with Gasteiger partial charge in [0.25, 0.3) is 0 Å². The number of rotatable bonds is 5. The Morgan fingerprint density at radius 2 is 2.04 bits per heavy atom. The molecule has 2 heterocycles. The monoisotopic (exact) mass is 399 g/mol. The second kappa shape index (κ2) is 7.56. The van der Waals surface area contributed by atoms with E-state index in [1.54, 1.807) is 6.92 Å². The molecule has 7 nitrogen and oxygen atoms in total. The van der Waals surface area contributed by atoms with Gasteiger partial charge in [-0.05, 0) is 33.6 Å². The van der Waals surface area contributed by atoms with Crippen molar-refractivity contribution in [2.24, 2.45) is 10.9 Å². The van der Waals surface area contributed by atoms with Crippen LogP contribution >= 0.6 is 23.1 Å². The van der Waals surface area contributed by atoms with Crippen molar-refractivity contribution < 1.29 is 19.4 Å². The van der Waals surface area contributed by atoms with Gasteiger partial charge in [0, 0.05) is 11.1 Å². The number of thioether (sulfide) groups is 1. The number of ether oxygens (including phenoxy) is 1. The molecule has 26 heavy (non-hydrogen) atoms. The van der Waals surface area contributed by atoms with Gasteiger partial charge >= 0.3 is 12.1 Å². The zero-order valence-electron chi connectivity index (χ0n) is 15.8. The Balaban J connectivity index is 2.18. The van der Waals surface area contributed by atoms with Gasteiger partial charge in [-0.15, -0.1) is 23.1 Å². The normalized spacial score (nSPS) is 21.4. The molecule has 0 radical (unpaired) electrons. The molecule has 9 heteroatoms. The third kappa shape index (κ3) is 4.97. The van der Waals surface area contributed by atoms with Crippen LogP contribution in [0, 0.1) is 5.92 Å². The highest BCUT2D eigenvalue weighted by Crippen LogP contribution is 2.33. The van der Waals surface area contributed by atoms with Crippen LogP contribution in [0.1, 0.15) is 58.3 Å². The molecule has 0 saturated heterocycles. The van der Waals surface area contributed by atoms with Gasteiger partial charge < -0.3 is 15.2 Å². The minimum atomic E-state index is -1.12. The summed E-state index contributed by atoms with van der Waals surface area (Å²) in [5.41, 5.74) is -1.04. The molecule has 2 rings (SSSR count). The zero-order chi connectivity index (χ0) is 19.7. The molecule has 144 valence electrons. The number of hydrogen-bond donors (Lipinski definition) is 2. The predicted molar refractivity (Wildman–Crippen MR) is 104 cm³/mol. The highest BCUT2D eigenvalue weighted by Gasteiger charge is 2.39. The number of alkyl carbamates (subject to hydrolysis) is 1. The third-order valence-electron chi connectivity index (χ3n) is 3.65. The van der Waals surface area contributed by atoms with E-state index in [0.29, 0.717) is 16.5 Å². The lowest BCUT2D eigenvalue weighted by Gasteiger charge is -2.24. The van der Waals surface area contributed by atoms with Gasteiger partial charge in [-0.25, -0.2) is 14.6 Å². The number of carbonyl (C=O) groups is 2. The van der Waals surface area contributed by atoms with Gasteiger partial charge in [0.2, 0.25) is 0 Å². The summed E-state index contributed by atoms with van der Waals surface area (Å²) in [5.74, 6) is -0.444. The summed E-state index contributed by atoms with van der Waals surface area (Å²) < 4.78 is 5.33. The van der Waals surface area contributed by atoms with Gasteiger partial charge in [0.05, 0.1) is 6.04 Å². The molecule has 1 aromatic heterocycles. The van der Waals surface area contributed by atoms with Crippen molar-refractivity contribution in [1.82, 2.24) is 10.3 Å². The second-order valence-corrected chi connectivity index (χ2v) is 9.58. The predicted octanol–water partition coefficient (Wildman–Crippen LogP) is 3.70. The first-order valence-corrected chi connectivity index (χ1v) is 10.2. The number of aliphatic carboxylic acids is 1. The first-order chi connectivity index (χ1) is 11.9. The number of nitrogens with one attached hydrogen (secondary N) is 1. The Labute approximate surface area is 161 Å². The van der Waals surface area contributed by atoms with Crippen LogP contribution in [-0.4, -0.2) is 44.1 Å². The van der Waals surface area contributed by atoms with Gasteiger partial charge in [-0.3, -0.25) is 4.99 Å². The largest absolute Gasteiger partial charge is 0.479 e. The molecule has 2 atom stereocenters. The molecule has 1 aliphatic heterocycles. The average Bonchev–Trinajstić information content (AvgIpc) is 3.10. The lowest BCUT2D eigenvalue weighted by atomic mass is 10.1. The van der Waals surface area contributed by atoms with Crippen LogP contribution < -0.4 is 5.32 Å². The summed E-state index contributed by atoms with van der Waals surface area (Å²) in [5, 5.41) is 15.4. The van der Waals surface area contributed by atoms with Gasteiger partial charge in [-0.2, -0.15) is 0 Å². The van der Waals surface area contributed by atoms with Crippen molar-refractivity contribution in [3.63, 3.8) is 0 Å². The summed E-state index contributed by atoms with van der Waals surface area (Å²) in [6.45, 7) is 11.0. The van der Waals surface area contributed by atoms with E-state index in [9.17, 15) is 14.7 Å². The van der Waals surface area contributed by atoms with E-state index in [1.165, 1.54) is 23.1 Å². The minimum absolute atomic E-state index is 0.115. The summed E-state index contributed by atoms with van der Waals surface area (Å²) in [6, 6.07) is -0.290. The highest BCUT2D eigenvalue weighted by atomic mass is 32.2. The lowest BCUT2D eigenvalue weighted by Crippen LogP contribution is -2.36. The maximum atomic E-state index is 12.1. The molecule has 0 fully saturated rings. The Kier molecular flexibility index (Phi) is 6.02. The number of carboxylic acid groups (broad SMARTS) is 1. The first-order valence-electron chi connectivity index (χ1n) is 8.32. The number of nitrogens with zero attached hydrogens (tertiary/aromatic N) is 2. The van der Waals surface area contributed by atoms with Crippen LogP contribution in [0.4, 0.5) is 4.79 Å². The maximum absolute atomic E-state index is 12.1. The van der Waals surface area contributed by atoms with Crippen molar-refractivity contribution in [3.05, 3.63) is 16.1 Å².